The third-order valence-electron chi connectivity index (χ3n) is 1.39. The second kappa shape index (κ2) is 4.75. The molecule has 0 unspecified atom stereocenters. The number of nitrogens with zero attached hydrogens (tertiary/aromatic N) is 4. The van der Waals surface area contributed by atoms with Gasteiger partial charge in [-0.2, -0.15) is 4.98 Å². The summed E-state index contributed by atoms with van der Waals surface area (Å²) in [6, 6.07) is 0. The van der Waals surface area contributed by atoms with E-state index in [1.165, 1.54) is 0 Å². The molecule has 0 aliphatic carbocycles. The van der Waals surface area contributed by atoms with Crippen molar-refractivity contribution in [2.24, 2.45) is 5.16 Å². The fraction of sp³-hybridized carbons (Fsp3) is 0.286. The van der Waals surface area contributed by atoms with Crippen molar-refractivity contribution in [3.63, 3.8) is 0 Å². The maximum absolute atomic E-state index is 8.23. The minimum absolute atomic E-state index is 0.543. The standard InChI is InChI=1S/C7H10BrN5O/c1-13(2)7-9-3-5(8)6(12-7)10-4-11-14/h3-4,14H,1-2H3,(H,9,10,11,12). The molecule has 0 aliphatic heterocycles. The molecular formula is C7H10BrN5O. The van der Waals surface area contributed by atoms with E-state index in [4.69, 9.17) is 5.21 Å². The van der Waals surface area contributed by atoms with Crippen LogP contribution in [0.5, 0.6) is 0 Å². The van der Waals surface area contributed by atoms with Crippen molar-refractivity contribution >= 4 is 34.0 Å². The van der Waals surface area contributed by atoms with Crippen molar-refractivity contribution in [2.75, 3.05) is 24.3 Å². The van der Waals surface area contributed by atoms with E-state index in [9.17, 15) is 0 Å². The summed E-state index contributed by atoms with van der Waals surface area (Å²) in [7, 11) is 3.68. The molecule has 76 valence electrons. The number of aromatic nitrogens is 2. The van der Waals surface area contributed by atoms with Gasteiger partial charge in [-0.25, -0.2) is 4.98 Å². The fourth-order valence-corrected chi connectivity index (χ4v) is 1.07. The van der Waals surface area contributed by atoms with Gasteiger partial charge in [-0.1, -0.05) is 5.16 Å². The molecule has 1 aromatic heterocycles. The van der Waals surface area contributed by atoms with Crippen molar-refractivity contribution < 1.29 is 5.21 Å². The normalized spacial score (nSPS) is 10.5. The number of oxime groups is 1. The number of rotatable bonds is 3. The molecule has 0 saturated heterocycles. The zero-order valence-corrected chi connectivity index (χ0v) is 9.35. The van der Waals surface area contributed by atoms with Gasteiger partial charge in [-0.05, 0) is 15.9 Å². The molecule has 2 N–H and O–H groups in total. The van der Waals surface area contributed by atoms with Gasteiger partial charge in [0.05, 0.1) is 4.47 Å². The summed E-state index contributed by atoms with van der Waals surface area (Å²) < 4.78 is 0.697. The van der Waals surface area contributed by atoms with Crippen LogP contribution in [-0.2, 0) is 0 Å². The van der Waals surface area contributed by atoms with Crippen LogP contribution in [0.2, 0.25) is 0 Å². The van der Waals surface area contributed by atoms with E-state index in [1.807, 2.05) is 14.1 Å². The van der Waals surface area contributed by atoms with Gasteiger partial charge >= 0.3 is 0 Å². The molecule has 0 fully saturated rings. The molecule has 0 aliphatic rings. The minimum Gasteiger partial charge on any atom is -0.410 e. The quantitative estimate of drug-likeness (QED) is 0.369. The van der Waals surface area contributed by atoms with Crippen LogP contribution < -0.4 is 10.2 Å². The molecule has 0 amide bonds. The monoisotopic (exact) mass is 259 g/mol. The molecule has 7 heteroatoms. The van der Waals surface area contributed by atoms with E-state index in [0.717, 1.165) is 6.34 Å². The maximum atomic E-state index is 8.23. The van der Waals surface area contributed by atoms with Gasteiger partial charge in [0.15, 0.2) is 5.82 Å². The third-order valence-corrected chi connectivity index (χ3v) is 1.97. The number of hydrogen-bond donors (Lipinski definition) is 2. The second-order valence-corrected chi connectivity index (χ2v) is 3.50. The smallest absolute Gasteiger partial charge is 0.226 e. The Bertz CT molecular complexity index is 341. The number of nitrogens with one attached hydrogen (secondary N) is 1. The van der Waals surface area contributed by atoms with Crippen LogP contribution in [0.3, 0.4) is 0 Å². The van der Waals surface area contributed by atoms with Gasteiger partial charge in [0.25, 0.3) is 0 Å². The fourth-order valence-electron chi connectivity index (χ4n) is 0.765. The highest BCUT2D eigenvalue weighted by Gasteiger charge is 2.04. The van der Waals surface area contributed by atoms with E-state index >= 15 is 0 Å². The summed E-state index contributed by atoms with van der Waals surface area (Å²) in [5.74, 6) is 1.11. The van der Waals surface area contributed by atoms with Crippen molar-refractivity contribution in [1.29, 1.82) is 0 Å². The van der Waals surface area contributed by atoms with Crippen LogP contribution in [0.15, 0.2) is 15.8 Å². The Kier molecular flexibility index (Phi) is 3.63. The molecule has 14 heavy (non-hydrogen) atoms. The van der Waals surface area contributed by atoms with Crippen molar-refractivity contribution in [3.8, 4) is 0 Å². The summed E-state index contributed by atoms with van der Waals surface area (Å²) in [5.41, 5.74) is 0. The SMILES string of the molecule is CN(C)c1ncc(Br)c(N/C=N/O)n1. The van der Waals surface area contributed by atoms with Crippen LogP contribution in [0.4, 0.5) is 11.8 Å². The van der Waals surface area contributed by atoms with Crippen molar-refractivity contribution in [1.82, 2.24) is 9.97 Å². The first-order valence-electron chi connectivity index (χ1n) is 3.77. The molecule has 0 bridgehead atoms. The zero-order chi connectivity index (χ0) is 10.6. The average molecular weight is 260 g/mol. The van der Waals surface area contributed by atoms with E-state index in [2.05, 4.69) is 36.4 Å². The first-order valence-corrected chi connectivity index (χ1v) is 4.56. The first-order chi connectivity index (χ1) is 6.65. The van der Waals surface area contributed by atoms with E-state index < -0.39 is 0 Å². The van der Waals surface area contributed by atoms with Gasteiger partial charge in [0.1, 0.15) is 6.34 Å². The second-order valence-electron chi connectivity index (χ2n) is 2.65. The maximum Gasteiger partial charge on any atom is 0.226 e. The van der Waals surface area contributed by atoms with Crippen LogP contribution in [0.25, 0.3) is 0 Å². The van der Waals surface area contributed by atoms with Crippen molar-refractivity contribution in [2.45, 2.75) is 0 Å². The number of hydrogen-bond acceptors (Lipinski definition) is 5. The largest absolute Gasteiger partial charge is 0.410 e. The molecule has 1 rings (SSSR count). The predicted octanol–water partition coefficient (Wildman–Crippen LogP) is 1.13. The van der Waals surface area contributed by atoms with Crippen molar-refractivity contribution in [3.05, 3.63) is 10.7 Å². The Morgan fingerprint density at radius 3 is 2.93 bits per heavy atom. The van der Waals surface area contributed by atoms with E-state index in [1.54, 1.807) is 11.1 Å². The third kappa shape index (κ3) is 2.56. The van der Waals surface area contributed by atoms with Gasteiger partial charge in [0.2, 0.25) is 5.95 Å². The minimum atomic E-state index is 0.543. The molecular weight excluding hydrogens is 250 g/mol. The topological polar surface area (TPSA) is 73.6 Å². The summed E-state index contributed by atoms with van der Waals surface area (Å²) in [4.78, 5) is 10.0. The average Bonchev–Trinajstić information content (AvgIpc) is 2.16. The lowest BCUT2D eigenvalue weighted by Crippen LogP contribution is -2.13. The van der Waals surface area contributed by atoms with Gasteiger partial charge in [0, 0.05) is 20.3 Å². The predicted molar refractivity (Wildman–Crippen MR) is 58.0 cm³/mol. The molecule has 1 aromatic rings. The molecule has 0 aromatic carbocycles. The molecule has 0 radical (unpaired) electrons. The van der Waals surface area contributed by atoms with E-state index in [-0.39, 0.29) is 0 Å². The van der Waals surface area contributed by atoms with Crippen LogP contribution in [0.1, 0.15) is 0 Å². The molecule has 0 atom stereocenters. The molecule has 1 heterocycles. The van der Waals surface area contributed by atoms with Gasteiger partial charge < -0.3 is 15.4 Å². The van der Waals surface area contributed by atoms with Crippen LogP contribution >= 0.6 is 15.9 Å². The Hall–Kier alpha value is -1.37. The van der Waals surface area contributed by atoms with Gasteiger partial charge in [-0.3, -0.25) is 0 Å². The van der Waals surface area contributed by atoms with E-state index in [0.29, 0.717) is 16.2 Å². The Morgan fingerprint density at radius 2 is 2.36 bits per heavy atom. The number of halogens is 1. The summed E-state index contributed by atoms with van der Waals surface area (Å²) in [6.07, 6.45) is 2.75. The highest BCUT2D eigenvalue weighted by atomic mass is 79.9. The Labute approximate surface area is 89.8 Å². The Morgan fingerprint density at radius 1 is 1.64 bits per heavy atom. The number of anilines is 2. The highest BCUT2D eigenvalue weighted by molar-refractivity contribution is 9.10. The lowest BCUT2D eigenvalue weighted by Gasteiger charge is -2.11. The van der Waals surface area contributed by atoms with Crippen LogP contribution in [-0.4, -0.2) is 35.6 Å². The lowest BCUT2D eigenvalue weighted by molar-refractivity contribution is 0.321. The molecule has 0 spiro atoms. The highest BCUT2D eigenvalue weighted by Crippen LogP contribution is 2.20. The zero-order valence-electron chi connectivity index (χ0n) is 7.77. The summed E-state index contributed by atoms with van der Waals surface area (Å²) in [5, 5.41) is 13.7. The lowest BCUT2D eigenvalue weighted by atomic mass is 10.6. The van der Waals surface area contributed by atoms with Crippen LogP contribution in [0, 0.1) is 0 Å². The molecule has 6 nitrogen and oxygen atoms in total. The first kappa shape index (κ1) is 10.7. The molecule has 0 saturated carbocycles. The summed E-state index contributed by atoms with van der Waals surface area (Å²) in [6.45, 7) is 0. The van der Waals surface area contributed by atoms with Gasteiger partial charge in [-0.15, -0.1) is 0 Å². The Balaban J connectivity index is 2.96. The summed E-state index contributed by atoms with van der Waals surface area (Å²) >= 11 is 3.26.